The smallest absolute Gasteiger partial charge is 0.266 e. The van der Waals surface area contributed by atoms with E-state index in [0.29, 0.717) is 5.56 Å². The SMILES string of the molecule is COc1ccc2[nH]c3c(C)cc(-c4cc(C)[nH]c(=O)c4C#N)c(C)c3c2c1. The largest absolute Gasteiger partial charge is 0.497 e. The van der Waals surface area contributed by atoms with Gasteiger partial charge < -0.3 is 14.7 Å². The van der Waals surface area contributed by atoms with Gasteiger partial charge in [-0.3, -0.25) is 4.79 Å². The third-order valence-corrected chi connectivity index (χ3v) is 5.11. The van der Waals surface area contributed by atoms with Crippen LogP contribution in [0.15, 0.2) is 35.1 Å². The summed E-state index contributed by atoms with van der Waals surface area (Å²) in [5.41, 5.74) is 6.24. The predicted octanol–water partition coefficient (Wildman–Crippen LogP) is 4.48. The van der Waals surface area contributed by atoms with E-state index >= 15 is 0 Å². The number of hydrogen-bond donors (Lipinski definition) is 2. The number of ether oxygens (including phenoxy) is 1. The van der Waals surface area contributed by atoms with E-state index < -0.39 is 0 Å². The monoisotopic (exact) mass is 357 g/mol. The molecular formula is C22H19N3O2. The molecule has 4 rings (SSSR count). The quantitative estimate of drug-likeness (QED) is 0.555. The Morgan fingerprint density at radius 1 is 1.04 bits per heavy atom. The van der Waals surface area contributed by atoms with Gasteiger partial charge in [0.05, 0.1) is 7.11 Å². The molecule has 0 aliphatic heterocycles. The van der Waals surface area contributed by atoms with Crippen molar-refractivity contribution < 1.29 is 4.74 Å². The Morgan fingerprint density at radius 3 is 2.52 bits per heavy atom. The Balaban J connectivity index is 2.16. The number of hydrogen-bond acceptors (Lipinski definition) is 3. The molecule has 0 aliphatic carbocycles. The lowest BCUT2D eigenvalue weighted by atomic mass is 9.92. The second-order valence-electron chi connectivity index (χ2n) is 6.83. The topological polar surface area (TPSA) is 81.7 Å². The van der Waals surface area contributed by atoms with Crippen LogP contribution in [0.5, 0.6) is 5.75 Å². The van der Waals surface area contributed by atoms with Gasteiger partial charge in [-0.1, -0.05) is 0 Å². The van der Waals surface area contributed by atoms with Crippen molar-refractivity contribution in [3.05, 3.63) is 63.1 Å². The van der Waals surface area contributed by atoms with Crippen LogP contribution in [0.4, 0.5) is 0 Å². The van der Waals surface area contributed by atoms with Gasteiger partial charge in [0, 0.05) is 33.1 Å². The van der Waals surface area contributed by atoms with Crippen LogP contribution >= 0.6 is 0 Å². The predicted molar refractivity (Wildman–Crippen MR) is 107 cm³/mol. The molecule has 4 aromatic rings. The number of rotatable bonds is 2. The summed E-state index contributed by atoms with van der Waals surface area (Å²) in [7, 11) is 1.65. The fraction of sp³-hybridized carbons (Fsp3) is 0.182. The molecule has 0 radical (unpaired) electrons. The zero-order chi connectivity index (χ0) is 19.3. The number of benzene rings is 2. The van der Waals surface area contributed by atoms with Gasteiger partial charge in [-0.05, 0) is 67.8 Å². The van der Waals surface area contributed by atoms with Gasteiger partial charge in [0.25, 0.3) is 5.56 Å². The van der Waals surface area contributed by atoms with E-state index in [1.807, 2.05) is 51.1 Å². The van der Waals surface area contributed by atoms with Crippen LogP contribution < -0.4 is 10.3 Å². The van der Waals surface area contributed by atoms with Crippen LogP contribution in [-0.2, 0) is 0 Å². The number of H-pyrrole nitrogens is 2. The van der Waals surface area contributed by atoms with E-state index in [2.05, 4.69) is 16.0 Å². The number of fused-ring (bicyclic) bond motifs is 3. The lowest BCUT2D eigenvalue weighted by Gasteiger charge is -2.12. The number of methoxy groups -OCH3 is 1. The highest BCUT2D eigenvalue weighted by Gasteiger charge is 2.18. The van der Waals surface area contributed by atoms with Crippen LogP contribution in [0.3, 0.4) is 0 Å². The van der Waals surface area contributed by atoms with Gasteiger partial charge in [-0.25, -0.2) is 0 Å². The molecule has 2 heterocycles. The molecule has 0 unspecified atom stereocenters. The third kappa shape index (κ3) is 2.49. The van der Waals surface area contributed by atoms with Crippen molar-refractivity contribution in [1.29, 1.82) is 5.26 Å². The summed E-state index contributed by atoms with van der Waals surface area (Å²) in [5.74, 6) is 0.788. The molecule has 0 spiro atoms. The summed E-state index contributed by atoms with van der Waals surface area (Å²) < 4.78 is 5.39. The van der Waals surface area contributed by atoms with Crippen LogP contribution in [0.1, 0.15) is 22.4 Å². The van der Waals surface area contributed by atoms with E-state index in [4.69, 9.17) is 4.74 Å². The normalized spacial score (nSPS) is 11.1. The van der Waals surface area contributed by atoms with Crippen molar-refractivity contribution >= 4 is 21.8 Å². The molecule has 2 N–H and O–H groups in total. The van der Waals surface area contributed by atoms with Gasteiger partial charge in [0.15, 0.2) is 0 Å². The Kier molecular flexibility index (Phi) is 3.78. The maximum atomic E-state index is 12.3. The van der Waals surface area contributed by atoms with Gasteiger partial charge >= 0.3 is 0 Å². The van der Waals surface area contributed by atoms with Crippen LogP contribution in [0, 0.1) is 32.1 Å². The number of nitriles is 1. The maximum absolute atomic E-state index is 12.3. The van der Waals surface area contributed by atoms with Crippen molar-refractivity contribution in [3.8, 4) is 22.9 Å². The summed E-state index contributed by atoms with van der Waals surface area (Å²) in [6, 6.07) is 11.9. The second-order valence-corrected chi connectivity index (χ2v) is 6.83. The number of nitrogens with one attached hydrogen (secondary N) is 2. The molecular weight excluding hydrogens is 338 g/mol. The summed E-state index contributed by atoms with van der Waals surface area (Å²) in [6.45, 7) is 5.88. The molecule has 0 fully saturated rings. The first-order chi connectivity index (χ1) is 12.9. The average Bonchev–Trinajstić information content (AvgIpc) is 3.03. The molecule has 27 heavy (non-hydrogen) atoms. The highest BCUT2D eigenvalue weighted by Crippen LogP contribution is 2.38. The van der Waals surface area contributed by atoms with E-state index in [1.54, 1.807) is 7.11 Å². The molecule has 0 amide bonds. The molecule has 134 valence electrons. The molecule has 0 bridgehead atoms. The van der Waals surface area contributed by atoms with Crippen molar-refractivity contribution in [2.24, 2.45) is 0 Å². The van der Waals surface area contributed by atoms with Gasteiger partial charge in [0.1, 0.15) is 17.4 Å². The Labute approximate surface area is 156 Å². The summed E-state index contributed by atoms with van der Waals surface area (Å²) >= 11 is 0. The minimum absolute atomic E-state index is 0.139. The first-order valence-corrected chi connectivity index (χ1v) is 8.68. The van der Waals surface area contributed by atoms with E-state index in [1.165, 1.54) is 0 Å². The fourth-order valence-electron chi connectivity index (χ4n) is 3.81. The Bertz CT molecular complexity index is 1320. The highest BCUT2D eigenvalue weighted by atomic mass is 16.5. The Hall–Kier alpha value is -3.52. The van der Waals surface area contributed by atoms with Crippen molar-refractivity contribution in [3.63, 3.8) is 0 Å². The minimum Gasteiger partial charge on any atom is -0.497 e. The number of aryl methyl sites for hydroxylation is 3. The Morgan fingerprint density at radius 2 is 1.81 bits per heavy atom. The summed E-state index contributed by atoms with van der Waals surface area (Å²) in [4.78, 5) is 18.5. The van der Waals surface area contributed by atoms with E-state index in [-0.39, 0.29) is 11.1 Å². The average molecular weight is 357 g/mol. The standard InChI is InChI=1S/C22H19N3O2/c1-11-7-15(16-8-12(2)24-22(26)18(16)10-23)13(3)20-17-9-14(27-4)5-6-19(17)25-21(11)20/h5-9,25H,1-4H3,(H,24,26). The lowest BCUT2D eigenvalue weighted by Crippen LogP contribution is -2.13. The molecule has 2 aromatic carbocycles. The zero-order valence-corrected chi connectivity index (χ0v) is 15.7. The number of aromatic amines is 2. The summed E-state index contributed by atoms with van der Waals surface area (Å²) in [6.07, 6.45) is 0. The number of pyridine rings is 1. The second kappa shape index (κ2) is 6.03. The fourth-order valence-corrected chi connectivity index (χ4v) is 3.81. The van der Waals surface area contributed by atoms with Gasteiger partial charge in [0.2, 0.25) is 0 Å². The summed E-state index contributed by atoms with van der Waals surface area (Å²) in [5, 5.41) is 11.7. The molecule has 2 aromatic heterocycles. The van der Waals surface area contributed by atoms with E-state index in [9.17, 15) is 10.1 Å². The molecule has 5 heteroatoms. The lowest BCUT2D eigenvalue weighted by molar-refractivity contribution is 0.415. The minimum atomic E-state index is -0.356. The van der Waals surface area contributed by atoms with Gasteiger partial charge in [-0.15, -0.1) is 0 Å². The molecule has 0 atom stereocenters. The molecule has 0 aliphatic rings. The molecule has 0 saturated carbocycles. The van der Waals surface area contributed by atoms with Crippen molar-refractivity contribution in [1.82, 2.24) is 9.97 Å². The van der Waals surface area contributed by atoms with Crippen LogP contribution in [0.2, 0.25) is 0 Å². The van der Waals surface area contributed by atoms with Crippen LogP contribution in [0.25, 0.3) is 32.9 Å². The third-order valence-electron chi connectivity index (χ3n) is 5.11. The van der Waals surface area contributed by atoms with Crippen LogP contribution in [-0.4, -0.2) is 17.1 Å². The number of nitrogens with zero attached hydrogens (tertiary/aromatic N) is 1. The van der Waals surface area contributed by atoms with Gasteiger partial charge in [-0.2, -0.15) is 5.26 Å². The zero-order valence-electron chi connectivity index (χ0n) is 15.7. The number of aromatic nitrogens is 2. The van der Waals surface area contributed by atoms with E-state index in [0.717, 1.165) is 49.9 Å². The first-order valence-electron chi connectivity index (χ1n) is 8.68. The van der Waals surface area contributed by atoms with Crippen molar-refractivity contribution in [2.75, 3.05) is 7.11 Å². The highest BCUT2D eigenvalue weighted by molar-refractivity contribution is 6.12. The first kappa shape index (κ1) is 16.9. The molecule has 0 saturated heterocycles. The molecule has 5 nitrogen and oxygen atoms in total. The van der Waals surface area contributed by atoms with Crippen molar-refractivity contribution in [2.45, 2.75) is 20.8 Å². The maximum Gasteiger partial charge on any atom is 0.266 e.